The Morgan fingerprint density at radius 1 is 1.23 bits per heavy atom. The predicted octanol–water partition coefficient (Wildman–Crippen LogP) is 3.21. The second kappa shape index (κ2) is 9.43. The van der Waals surface area contributed by atoms with E-state index in [9.17, 15) is 9.18 Å². The number of hydrogen-bond donors (Lipinski definition) is 1. The lowest BCUT2D eigenvalue weighted by Gasteiger charge is -2.33. The monoisotopic (exact) mass is 425 g/mol. The van der Waals surface area contributed by atoms with Crippen LogP contribution in [0.15, 0.2) is 36.4 Å². The first-order valence-corrected chi connectivity index (χ1v) is 10.7. The number of nitrogens with zero attached hydrogens (tertiary/aromatic N) is 4. The average molecular weight is 426 g/mol. The normalized spacial score (nSPS) is 14.9. The summed E-state index contributed by atoms with van der Waals surface area (Å²) >= 11 is 0. The molecule has 4 rings (SSSR count). The Hall–Kier alpha value is -3.00. The number of rotatable bonds is 7. The van der Waals surface area contributed by atoms with Gasteiger partial charge in [0.1, 0.15) is 11.6 Å². The average Bonchev–Trinajstić information content (AvgIpc) is 3.20. The van der Waals surface area contributed by atoms with Crippen LogP contribution in [0.4, 0.5) is 10.2 Å². The molecule has 164 valence electrons. The summed E-state index contributed by atoms with van der Waals surface area (Å²) < 4.78 is 20.1. The van der Waals surface area contributed by atoms with Crippen LogP contribution in [0.3, 0.4) is 0 Å². The fourth-order valence-corrected chi connectivity index (χ4v) is 4.01. The molecule has 0 atom stereocenters. The highest BCUT2D eigenvalue weighted by atomic mass is 19.1. The molecule has 0 aliphatic carbocycles. The van der Waals surface area contributed by atoms with E-state index in [2.05, 4.69) is 15.2 Å². The molecule has 0 unspecified atom stereocenters. The van der Waals surface area contributed by atoms with Crippen LogP contribution in [0, 0.1) is 18.7 Å². The number of carbonyl (C=O) groups excluding carboxylic acids is 1. The summed E-state index contributed by atoms with van der Waals surface area (Å²) in [6, 6.07) is 10.3. The Balaban J connectivity index is 1.48. The van der Waals surface area contributed by atoms with Crippen LogP contribution >= 0.6 is 0 Å². The van der Waals surface area contributed by atoms with Gasteiger partial charge in [-0.2, -0.15) is 9.61 Å². The van der Waals surface area contributed by atoms with Crippen LogP contribution < -0.4 is 10.2 Å². The number of halogens is 1. The molecule has 1 fully saturated rings. The Labute approximate surface area is 181 Å². The molecule has 7 nitrogen and oxygen atoms in total. The maximum absolute atomic E-state index is 13.3. The van der Waals surface area contributed by atoms with Crippen LogP contribution in [0.5, 0.6) is 0 Å². The van der Waals surface area contributed by atoms with Crippen LogP contribution in [-0.4, -0.2) is 53.9 Å². The Morgan fingerprint density at radius 3 is 2.68 bits per heavy atom. The van der Waals surface area contributed by atoms with Gasteiger partial charge in [0.25, 0.3) is 0 Å². The third-order valence-electron chi connectivity index (χ3n) is 5.69. The minimum atomic E-state index is -0.271. The van der Waals surface area contributed by atoms with Crippen molar-refractivity contribution in [1.82, 2.24) is 19.9 Å². The molecule has 0 saturated carbocycles. The Bertz CT molecular complexity index is 1040. The summed E-state index contributed by atoms with van der Waals surface area (Å²) in [5.41, 5.74) is 3.27. The van der Waals surface area contributed by atoms with Crippen molar-refractivity contribution >= 4 is 17.4 Å². The van der Waals surface area contributed by atoms with E-state index in [1.54, 1.807) is 19.2 Å². The van der Waals surface area contributed by atoms with Crippen molar-refractivity contribution in [1.29, 1.82) is 0 Å². The lowest BCUT2D eigenvalue weighted by Crippen LogP contribution is -2.41. The number of piperidine rings is 1. The third-order valence-corrected chi connectivity index (χ3v) is 5.69. The summed E-state index contributed by atoms with van der Waals surface area (Å²) in [5, 5.41) is 7.75. The number of nitrogens with one attached hydrogen (secondary N) is 1. The van der Waals surface area contributed by atoms with Crippen molar-refractivity contribution in [2.45, 2.75) is 26.2 Å². The number of fused-ring (bicyclic) bond motifs is 1. The second-order valence-corrected chi connectivity index (χ2v) is 7.96. The molecular weight excluding hydrogens is 397 g/mol. The van der Waals surface area contributed by atoms with Crippen molar-refractivity contribution in [3.63, 3.8) is 0 Å². The van der Waals surface area contributed by atoms with Gasteiger partial charge in [-0.15, -0.1) is 0 Å². The molecule has 1 aromatic carbocycles. The number of aryl methyl sites for hydroxylation is 1. The number of aromatic nitrogens is 3. The zero-order valence-electron chi connectivity index (χ0n) is 18.0. The molecule has 1 saturated heterocycles. The summed E-state index contributed by atoms with van der Waals surface area (Å²) in [5.74, 6) is 0.858. The molecule has 31 heavy (non-hydrogen) atoms. The molecular formula is C23H28FN5O2. The first-order chi connectivity index (χ1) is 15.0. The highest BCUT2D eigenvalue weighted by Gasteiger charge is 2.26. The number of anilines is 1. The first-order valence-electron chi connectivity index (χ1n) is 10.7. The number of amides is 1. The highest BCUT2D eigenvalue weighted by molar-refractivity contribution is 5.79. The Morgan fingerprint density at radius 2 is 1.97 bits per heavy atom. The molecule has 0 bridgehead atoms. The highest BCUT2D eigenvalue weighted by Crippen LogP contribution is 2.27. The number of carbonyl (C=O) groups is 1. The minimum absolute atomic E-state index is 0.0321. The number of ether oxygens (including phenoxy) is 1. The largest absolute Gasteiger partial charge is 0.385 e. The van der Waals surface area contributed by atoms with E-state index in [1.165, 1.54) is 12.1 Å². The smallest absolute Gasteiger partial charge is 0.223 e. The van der Waals surface area contributed by atoms with Crippen molar-refractivity contribution in [2.24, 2.45) is 5.92 Å². The van der Waals surface area contributed by atoms with Crippen molar-refractivity contribution in [2.75, 3.05) is 38.3 Å². The zero-order chi connectivity index (χ0) is 21.8. The lowest BCUT2D eigenvalue weighted by atomic mass is 9.96. The topological polar surface area (TPSA) is 71.8 Å². The van der Waals surface area contributed by atoms with Crippen molar-refractivity contribution < 1.29 is 13.9 Å². The van der Waals surface area contributed by atoms with Crippen LogP contribution in [0.1, 0.15) is 25.0 Å². The van der Waals surface area contributed by atoms with Crippen molar-refractivity contribution in [3.05, 3.63) is 47.9 Å². The molecule has 1 N–H and O–H groups in total. The Kier molecular flexibility index (Phi) is 6.46. The molecule has 3 heterocycles. The summed E-state index contributed by atoms with van der Waals surface area (Å²) in [6.45, 7) is 4.82. The minimum Gasteiger partial charge on any atom is -0.385 e. The molecule has 1 aliphatic heterocycles. The number of methoxy groups -OCH3 is 1. The van der Waals surface area contributed by atoms with Crippen LogP contribution in [0.25, 0.3) is 16.9 Å². The van der Waals surface area contributed by atoms with Gasteiger partial charge < -0.3 is 15.0 Å². The van der Waals surface area contributed by atoms with Gasteiger partial charge >= 0.3 is 0 Å². The van der Waals surface area contributed by atoms with E-state index in [0.29, 0.717) is 13.2 Å². The van der Waals surface area contributed by atoms with Gasteiger partial charge in [-0.05, 0) is 50.5 Å². The molecule has 0 radical (unpaired) electrons. The summed E-state index contributed by atoms with van der Waals surface area (Å²) in [6.07, 6.45) is 2.42. The quantitative estimate of drug-likeness (QED) is 0.589. The van der Waals surface area contributed by atoms with Gasteiger partial charge in [0.15, 0.2) is 5.65 Å². The third kappa shape index (κ3) is 4.85. The van der Waals surface area contributed by atoms with Gasteiger partial charge in [-0.3, -0.25) is 4.79 Å². The van der Waals surface area contributed by atoms with Crippen LogP contribution in [-0.2, 0) is 9.53 Å². The van der Waals surface area contributed by atoms with E-state index in [4.69, 9.17) is 9.84 Å². The SMILES string of the molecule is COCCCNC(=O)C1CCN(c2cc(C)nc3cc(-c4ccc(F)cc4)nn23)CC1. The van der Waals surface area contributed by atoms with Gasteiger partial charge in [0, 0.05) is 62.7 Å². The fraction of sp³-hybridized carbons (Fsp3) is 0.435. The summed E-state index contributed by atoms with van der Waals surface area (Å²) in [7, 11) is 1.66. The van der Waals surface area contributed by atoms with Gasteiger partial charge in [-0.25, -0.2) is 9.37 Å². The second-order valence-electron chi connectivity index (χ2n) is 7.96. The van der Waals surface area contributed by atoms with E-state index in [-0.39, 0.29) is 17.6 Å². The van der Waals surface area contributed by atoms with Crippen molar-refractivity contribution in [3.8, 4) is 11.3 Å². The van der Waals surface area contributed by atoms with Crippen LogP contribution in [0.2, 0.25) is 0 Å². The van der Waals surface area contributed by atoms with Gasteiger partial charge in [-0.1, -0.05) is 0 Å². The molecule has 1 aliphatic rings. The molecule has 2 aromatic heterocycles. The fourth-order valence-electron chi connectivity index (χ4n) is 4.01. The molecule has 3 aromatic rings. The predicted molar refractivity (Wildman–Crippen MR) is 118 cm³/mol. The standard InChI is InChI=1S/C23H28FN5O2/c1-16-14-22(28-11-8-18(9-12-28)23(30)25-10-3-13-31-2)29-21(26-16)15-20(27-29)17-4-6-19(24)7-5-17/h4-7,14-15,18H,3,8-13H2,1-2H3,(H,25,30). The maximum Gasteiger partial charge on any atom is 0.223 e. The van der Waals surface area contributed by atoms with Gasteiger partial charge in [0.05, 0.1) is 5.69 Å². The van der Waals surface area contributed by atoms with E-state index >= 15 is 0 Å². The molecule has 8 heteroatoms. The first kappa shape index (κ1) is 21.2. The number of benzene rings is 1. The lowest BCUT2D eigenvalue weighted by molar-refractivity contribution is -0.125. The van der Waals surface area contributed by atoms with Gasteiger partial charge in [0.2, 0.25) is 5.91 Å². The van der Waals surface area contributed by atoms with E-state index in [0.717, 1.165) is 60.8 Å². The molecule has 1 amide bonds. The number of hydrogen-bond acceptors (Lipinski definition) is 5. The molecule has 0 spiro atoms. The van der Waals surface area contributed by atoms with E-state index in [1.807, 2.05) is 23.6 Å². The maximum atomic E-state index is 13.3. The summed E-state index contributed by atoms with van der Waals surface area (Å²) in [4.78, 5) is 19.3. The zero-order valence-corrected chi connectivity index (χ0v) is 18.0. The van der Waals surface area contributed by atoms with E-state index < -0.39 is 0 Å².